The summed E-state index contributed by atoms with van der Waals surface area (Å²) in [5.74, 6) is -1.18. The fourth-order valence-corrected chi connectivity index (χ4v) is 1.08. The second-order valence-corrected chi connectivity index (χ2v) is 3.38. The van der Waals surface area contributed by atoms with Crippen molar-refractivity contribution >= 4 is 17.7 Å². The number of amides is 1. The number of nitrogens with one attached hydrogen (secondary N) is 1. The predicted molar refractivity (Wildman–Crippen MR) is 58.4 cm³/mol. The van der Waals surface area contributed by atoms with Crippen LogP contribution in [0.25, 0.3) is 0 Å². The topological polar surface area (TPSA) is 75.6 Å². The molecule has 0 saturated carbocycles. The van der Waals surface area contributed by atoms with Gasteiger partial charge >= 0.3 is 12.1 Å². The van der Waals surface area contributed by atoms with E-state index in [1.165, 1.54) is 6.92 Å². The van der Waals surface area contributed by atoms with Crippen LogP contribution in [0.4, 0.5) is 10.5 Å². The number of rotatable bonds is 3. The van der Waals surface area contributed by atoms with Gasteiger partial charge in [-0.3, -0.25) is 5.32 Å². The molecule has 0 fully saturated rings. The Morgan fingerprint density at radius 1 is 1.44 bits per heavy atom. The van der Waals surface area contributed by atoms with Crippen LogP contribution in [0.2, 0.25) is 0 Å². The highest BCUT2D eigenvalue weighted by Crippen LogP contribution is 2.10. The van der Waals surface area contributed by atoms with Crippen molar-refractivity contribution in [2.75, 3.05) is 5.32 Å². The number of carboxylic acids is 1. The molecule has 0 aliphatic heterocycles. The van der Waals surface area contributed by atoms with Crippen molar-refractivity contribution in [2.24, 2.45) is 0 Å². The maximum absolute atomic E-state index is 11.2. The molecule has 0 bridgehead atoms. The molecule has 1 aromatic carbocycles. The van der Waals surface area contributed by atoms with Crippen LogP contribution in [-0.4, -0.2) is 23.3 Å². The number of benzene rings is 1. The summed E-state index contributed by atoms with van der Waals surface area (Å²) in [7, 11) is 0. The lowest BCUT2D eigenvalue weighted by Crippen LogP contribution is -2.26. The molecular weight excluding hydrogens is 210 g/mol. The molecule has 0 heterocycles. The maximum atomic E-state index is 11.2. The first kappa shape index (κ1) is 12.0. The Morgan fingerprint density at radius 2 is 2.12 bits per heavy atom. The predicted octanol–water partition coefficient (Wildman–Crippen LogP) is 2.02. The second kappa shape index (κ2) is 5.16. The number of aryl methyl sites for hydroxylation is 1. The average molecular weight is 223 g/mol. The van der Waals surface area contributed by atoms with E-state index in [2.05, 4.69) is 10.1 Å². The zero-order chi connectivity index (χ0) is 12.1. The van der Waals surface area contributed by atoms with Gasteiger partial charge in [0.05, 0.1) is 0 Å². The Bertz CT molecular complexity index is 403. The molecule has 1 atom stereocenters. The summed E-state index contributed by atoms with van der Waals surface area (Å²) < 4.78 is 4.61. The maximum Gasteiger partial charge on any atom is 0.412 e. The number of anilines is 1. The van der Waals surface area contributed by atoms with Crippen LogP contribution in [0.3, 0.4) is 0 Å². The average Bonchev–Trinajstić information content (AvgIpc) is 2.16. The van der Waals surface area contributed by atoms with E-state index in [9.17, 15) is 9.59 Å². The van der Waals surface area contributed by atoms with Gasteiger partial charge in [-0.15, -0.1) is 0 Å². The van der Waals surface area contributed by atoms with Crippen molar-refractivity contribution in [2.45, 2.75) is 20.0 Å². The minimum Gasteiger partial charge on any atom is -0.479 e. The summed E-state index contributed by atoms with van der Waals surface area (Å²) in [6.45, 7) is 3.18. The molecule has 1 aromatic rings. The van der Waals surface area contributed by atoms with Gasteiger partial charge in [0.1, 0.15) is 0 Å². The minimum atomic E-state index is -1.18. The van der Waals surface area contributed by atoms with Gasteiger partial charge in [0.15, 0.2) is 6.10 Å². The molecule has 5 heteroatoms. The quantitative estimate of drug-likeness (QED) is 0.821. The van der Waals surface area contributed by atoms with Crippen LogP contribution in [-0.2, 0) is 9.53 Å². The largest absolute Gasteiger partial charge is 0.479 e. The van der Waals surface area contributed by atoms with Crippen molar-refractivity contribution in [3.63, 3.8) is 0 Å². The number of carboxylic acid groups (broad SMARTS) is 1. The van der Waals surface area contributed by atoms with E-state index in [0.717, 1.165) is 5.56 Å². The summed E-state index contributed by atoms with van der Waals surface area (Å²) in [6, 6.07) is 7.12. The van der Waals surface area contributed by atoms with E-state index >= 15 is 0 Å². The van der Waals surface area contributed by atoms with E-state index in [0.29, 0.717) is 5.69 Å². The summed E-state index contributed by atoms with van der Waals surface area (Å²) in [4.78, 5) is 21.7. The Kier molecular flexibility index (Phi) is 3.88. The smallest absolute Gasteiger partial charge is 0.412 e. The molecule has 0 aromatic heterocycles. The third-order valence-electron chi connectivity index (χ3n) is 1.90. The fraction of sp³-hybridized carbons (Fsp3) is 0.273. The molecule has 0 aliphatic carbocycles. The molecule has 1 rings (SSSR count). The molecule has 0 aliphatic rings. The highest BCUT2D eigenvalue weighted by molar-refractivity contribution is 5.86. The molecule has 0 saturated heterocycles. The van der Waals surface area contributed by atoms with Crippen molar-refractivity contribution in [1.82, 2.24) is 0 Å². The monoisotopic (exact) mass is 223 g/mol. The van der Waals surface area contributed by atoms with Crippen LogP contribution in [0.15, 0.2) is 24.3 Å². The fourth-order valence-electron chi connectivity index (χ4n) is 1.08. The van der Waals surface area contributed by atoms with E-state index in [4.69, 9.17) is 5.11 Å². The van der Waals surface area contributed by atoms with Crippen molar-refractivity contribution < 1.29 is 19.4 Å². The Balaban J connectivity index is 2.55. The Labute approximate surface area is 93.0 Å². The van der Waals surface area contributed by atoms with Crippen LogP contribution in [0.1, 0.15) is 12.5 Å². The third-order valence-corrected chi connectivity index (χ3v) is 1.90. The van der Waals surface area contributed by atoms with Gasteiger partial charge in [-0.1, -0.05) is 12.1 Å². The number of aliphatic carboxylic acids is 1. The number of ether oxygens (including phenoxy) is 1. The SMILES string of the molecule is Cc1cccc(NC(=O)OC(C)C(=O)O)c1. The molecular formula is C11H13NO4. The van der Waals surface area contributed by atoms with Crippen LogP contribution in [0.5, 0.6) is 0 Å². The van der Waals surface area contributed by atoms with E-state index in [1.807, 2.05) is 13.0 Å². The van der Waals surface area contributed by atoms with Crippen LogP contribution in [0, 0.1) is 6.92 Å². The number of hydrogen-bond donors (Lipinski definition) is 2. The third kappa shape index (κ3) is 3.61. The van der Waals surface area contributed by atoms with Crippen LogP contribution < -0.4 is 5.32 Å². The van der Waals surface area contributed by atoms with E-state index in [1.54, 1.807) is 18.2 Å². The second-order valence-electron chi connectivity index (χ2n) is 3.38. The Hall–Kier alpha value is -2.04. The summed E-state index contributed by atoms with van der Waals surface area (Å²) in [5, 5.41) is 11.0. The summed E-state index contributed by atoms with van der Waals surface area (Å²) in [5.41, 5.74) is 1.56. The molecule has 0 radical (unpaired) electrons. The summed E-state index contributed by atoms with van der Waals surface area (Å²) in [6.07, 6.45) is -1.94. The first-order chi connectivity index (χ1) is 7.49. The van der Waals surface area contributed by atoms with Crippen LogP contribution >= 0.6 is 0 Å². The van der Waals surface area contributed by atoms with Gasteiger partial charge < -0.3 is 9.84 Å². The molecule has 1 unspecified atom stereocenters. The van der Waals surface area contributed by atoms with Crippen molar-refractivity contribution in [3.8, 4) is 0 Å². The van der Waals surface area contributed by atoms with E-state index in [-0.39, 0.29) is 0 Å². The lowest BCUT2D eigenvalue weighted by molar-refractivity contribution is -0.145. The zero-order valence-electron chi connectivity index (χ0n) is 9.06. The van der Waals surface area contributed by atoms with Crippen molar-refractivity contribution in [1.29, 1.82) is 0 Å². The number of carbonyl (C=O) groups excluding carboxylic acids is 1. The molecule has 86 valence electrons. The lowest BCUT2D eigenvalue weighted by Gasteiger charge is -2.10. The van der Waals surface area contributed by atoms with Gasteiger partial charge in [-0.05, 0) is 31.5 Å². The molecule has 1 amide bonds. The lowest BCUT2D eigenvalue weighted by atomic mass is 10.2. The van der Waals surface area contributed by atoms with Gasteiger partial charge in [-0.2, -0.15) is 0 Å². The first-order valence-corrected chi connectivity index (χ1v) is 4.76. The Morgan fingerprint density at radius 3 is 2.69 bits per heavy atom. The molecule has 5 nitrogen and oxygen atoms in total. The van der Waals surface area contributed by atoms with Gasteiger partial charge in [0.25, 0.3) is 0 Å². The zero-order valence-corrected chi connectivity index (χ0v) is 9.06. The normalized spacial score (nSPS) is 11.6. The standard InChI is InChI=1S/C11H13NO4/c1-7-4-3-5-9(6-7)12-11(15)16-8(2)10(13)14/h3-6,8H,1-2H3,(H,12,15)(H,13,14). The van der Waals surface area contributed by atoms with Gasteiger partial charge in [0, 0.05) is 5.69 Å². The highest BCUT2D eigenvalue weighted by Gasteiger charge is 2.15. The molecule has 0 spiro atoms. The first-order valence-electron chi connectivity index (χ1n) is 4.76. The highest BCUT2D eigenvalue weighted by atomic mass is 16.6. The molecule has 16 heavy (non-hydrogen) atoms. The number of carbonyl (C=O) groups is 2. The summed E-state index contributed by atoms with van der Waals surface area (Å²) >= 11 is 0. The van der Waals surface area contributed by atoms with E-state index < -0.39 is 18.2 Å². The number of hydrogen-bond acceptors (Lipinski definition) is 3. The van der Waals surface area contributed by atoms with Crippen molar-refractivity contribution in [3.05, 3.63) is 29.8 Å². The van der Waals surface area contributed by atoms with Gasteiger partial charge in [0.2, 0.25) is 0 Å². The minimum absolute atomic E-state index is 0.572. The van der Waals surface area contributed by atoms with Gasteiger partial charge in [-0.25, -0.2) is 9.59 Å². The molecule has 2 N–H and O–H groups in total.